The van der Waals surface area contributed by atoms with Gasteiger partial charge in [-0.2, -0.15) is 10.1 Å². The minimum atomic E-state index is -0.211. The fraction of sp³-hybridized carbons (Fsp3) is 0.438. The van der Waals surface area contributed by atoms with Crippen molar-refractivity contribution < 1.29 is 9.32 Å². The molecule has 1 amide bonds. The highest BCUT2D eigenvalue weighted by atomic mass is 16.5. The first-order chi connectivity index (χ1) is 11.5. The predicted molar refractivity (Wildman–Crippen MR) is 87.5 cm³/mol. The van der Waals surface area contributed by atoms with Crippen LogP contribution >= 0.6 is 0 Å². The van der Waals surface area contributed by atoms with Crippen LogP contribution in [0.5, 0.6) is 0 Å². The van der Waals surface area contributed by atoms with Crippen molar-refractivity contribution in [3.63, 3.8) is 0 Å². The normalized spacial score (nSPS) is 12.5. The first-order valence-corrected chi connectivity index (χ1v) is 7.91. The van der Waals surface area contributed by atoms with Crippen molar-refractivity contribution in [3.05, 3.63) is 35.2 Å². The Hall–Kier alpha value is -2.77. The highest BCUT2D eigenvalue weighted by molar-refractivity contribution is 6.05. The molecule has 3 rings (SSSR count). The van der Waals surface area contributed by atoms with Crippen molar-refractivity contribution in [2.45, 2.75) is 46.7 Å². The van der Waals surface area contributed by atoms with Crippen LogP contribution in [0.25, 0.3) is 11.0 Å². The van der Waals surface area contributed by atoms with Gasteiger partial charge in [0, 0.05) is 12.6 Å². The molecule has 0 fully saturated rings. The minimum Gasteiger partial charge on any atom is -0.345 e. The second kappa shape index (κ2) is 6.38. The van der Waals surface area contributed by atoms with E-state index >= 15 is 0 Å². The maximum absolute atomic E-state index is 12.6. The van der Waals surface area contributed by atoms with E-state index in [0.29, 0.717) is 17.3 Å². The standard InChI is InChI=1S/C16H20N6O2/c1-5-10(3)22-15-13(7-18-22)12(6-9(2)19-15)16(23)17-8-14-20-11(4)24-21-14/h6-7,10H,5,8H2,1-4H3,(H,17,23)/t10-/m1/s1. The van der Waals surface area contributed by atoms with E-state index in [1.807, 2.05) is 11.6 Å². The lowest BCUT2D eigenvalue weighted by molar-refractivity contribution is 0.0951. The van der Waals surface area contributed by atoms with Gasteiger partial charge in [0.15, 0.2) is 11.5 Å². The fourth-order valence-corrected chi connectivity index (χ4v) is 2.49. The zero-order valence-corrected chi connectivity index (χ0v) is 14.2. The number of carbonyl (C=O) groups excluding carboxylic acids is 1. The Morgan fingerprint density at radius 3 is 2.83 bits per heavy atom. The summed E-state index contributed by atoms with van der Waals surface area (Å²) in [6, 6.07) is 1.98. The van der Waals surface area contributed by atoms with E-state index < -0.39 is 0 Å². The molecular weight excluding hydrogens is 308 g/mol. The van der Waals surface area contributed by atoms with Crippen LogP contribution in [-0.4, -0.2) is 30.8 Å². The van der Waals surface area contributed by atoms with Crippen LogP contribution in [0.4, 0.5) is 0 Å². The number of fused-ring (bicyclic) bond motifs is 1. The molecule has 126 valence electrons. The number of aryl methyl sites for hydroxylation is 2. The zero-order chi connectivity index (χ0) is 17.3. The highest BCUT2D eigenvalue weighted by Gasteiger charge is 2.18. The summed E-state index contributed by atoms with van der Waals surface area (Å²) < 4.78 is 6.76. The average Bonchev–Trinajstić information content (AvgIpc) is 3.17. The number of aromatic nitrogens is 5. The number of amides is 1. The molecule has 0 saturated heterocycles. The molecular formula is C16H20N6O2. The minimum absolute atomic E-state index is 0.207. The Bertz CT molecular complexity index is 882. The van der Waals surface area contributed by atoms with Crippen LogP contribution in [0.1, 0.15) is 54.1 Å². The van der Waals surface area contributed by atoms with Crippen molar-refractivity contribution in [3.8, 4) is 0 Å². The first kappa shape index (κ1) is 16.1. The number of pyridine rings is 1. The largest absolute Gasteiger partial charge is 0.345 e. The summed E-state index contributed by atoms with van der Waals surface area (Å²) in [5.41, 5.74) is 2.05. The number of hydrogen-bond acceptors (Lipinski definition) is 6. The van der Waals surface area contributed by atoms with Crippen LogP contribution < -0.4 is 5.32 Å². The molecule has 0 aliphatic rings. The number of rotatable bonds is 5. The SMILES string of the molecule is CC[C@@H](C)n1ncc2c(C(=O)NCc3noc(C)n3)cc(C)nc21. The third-order valence-corrected chi connectivity index (χ3v) is 3.92. The number of hydrogen-bond donors (Lipinski definition) is 1. The zero-order valence-electron chi connectivity index (χ0n) is 14.2. The van der Waals surface area contributed by atoms with Gasteiger partial charge < -0.3 is 9.84 Å². The molecule has 24 heavy (non-hydrogen) atoms. The van der Waals surface area contributed by atoms with Crippen LogP contribution in [0.2, 0.25) is 0 Å². The molecule has 8 nitrogen and oxygen atoms in total. The maximum Gasteiger partial charge on any atom is 0.252 e. The summed E-state index contributed by atoms with van der Waals surface area (Å²) in [5.74, 6) is 0.700. The fourth-order valence-electron chi connectivity index (χ4n) is 2.49. The summed E-state index contributed by atoms with van der Waals surface area (Å²) in [4.78, 5) is 21.2. The van der Waals surface area contributed by atoms with Crippen LogP contribution in [-0.2, 0) is 6.54 Å². The molecule has 3 heterocycles. The Morgan fingerprint density at radius 1 is 1.38 bits per heavy atom. The van der Waals surface area contributed by atoms with Gasteiger partial charge >= 0.3 is 0 Å². The van der Waals surface area contributed by atoms with Gasteiger partial charge in [-0.25, -0.2) is 9.67 Å². The Morgan fingerprint density at radius 2 is 2.17 bits per heavy atom. The lowest BCUT2D eigenvalue weighted by Gasteiger charge is -2.11. The molecule has 8 heteroatoms. The van der Waals surface area contributed by atoms with Gasteiger partial charge in [0.1, 0.15) is 0 Å². The number of nitrogens with one attached hydrogen (secondary N) is 1. The van der Waals surface area contributed by atoms with Gasteiger partial charge in [0.25, 0.3) is 5.91 Å². The molecule has 1 atom stereocenters. The van der Waals surface area contributed by atoms with E-state index in [4.69, 9.17) is 4.52 Å². The summed E-state index contributed by atoms with van der Waals surface area (Å²) in [5, 5.41) is 11.7. The molecule has 0 unspecified atom stereocenters. The molecule has 0 saturated carbocycles. The molecule has 0 radical (unpaired) electrons. The summed E-state index contributed by atoms with van der Waals surface area (Å²) in [6.07, 6.45) is 2.63. The van der Waals surface area contributed by atoms with Crippen LogP contribution in [0, 0.1) is 13.8 Å². The lowest BCUT2D eigenvalue weighted by atomic mass is 10.1. The molecule has 0 spiro atoms. The molecule has 0 aromatic carbocycles. The Labute approximate surface area is 139 Å². The van der Waals surface area contributed by atoms with Crippen molar-refractivity contribution >= 4 is 16.9 Å². The van der Waals surface area contributed by atoms with E-state index in [9.17, 15) is 4.79 Å². The molecule has 3 aromatic rings. The summed E-state index contributed by atoms with van der Waals surface area (Å²) in [6.45, 7) is 7.95. The van der Waals surface area contributed by atoms with E-state index in [1.165, 1.54) is 0 Å². The molecule has 3 aromatic heterocycles. The van der Waals surface area contributed by atoms with Gasteiger partial charge in [0.05, 0.1) is 29.7 Å². The Balaban J connectivity index is 1.90. The van der Waals surface area contributed by atoms with E-state index in [2.05, 4.69) is 39.4 Å². The molecule has 0 aliphatic heterocycles. The van der Waals surface area contributed by atoms with Crippen LogP contribution in [0.3, 0.4) is 0 Å². The summed E-state index contributed by atoms with van der Waals surface area (Å²) in [7, 11) is 0. The number of nitrogens with zero attached hydrogens (tertiary/aromatic N) is 5. The van der Waals surface area contributed by atoms with Crippen molar-refractivity contribution in [1.29, 1.82) is 0 Å². The molecule has 1 N–H and O–H groups in total. The molecule has 0 aliphatic carbocycles. The van der Waals surface area contributed by atoms with Gasteiger partial charge in [-0.1, -0.05) is 12.1 Å². The molecule has 0 bridgehead atoms. The van der Waals surface area contributed by atoms with Crippen molar-refractivity contribution in [2.75, 3.05) is 0 Å². The second-order valence-corrected chi connectivity index (χ2v) is 5.81. The monoisotopic (exact) mass is 328 g/mol. The van der Waals surface area contributed by atoms with Crippen molar-refractivity contribution in [2.24, 2.45) is 0 Å². The third kappa shape index (κ3) is 2.99. The second-order valence-electron chi connectivity index (χ2n) is 5.81. The van der Waals surface area contributed by atoms with Gasteiger partial charge in [-0.3, -0.25) is 4.79 Å². The van der Waals surface area contributed by atoms with Gasteiger partial charge in [0.2, 0.25) is 5.89 Å². The highest BCUT2D eigenvalue weighted by Crippen LogP contribution is 2.22. The van der Waals surface area contributed by atoms with Crippen LogP contribution in [0.15, 0.2) is 16.8 Å². The van der Waals surface area contributed by atoms with Gasteiger partial charge in [-0.05, 0) is 26.3 Å². The summed E-state index contributed by atoms with van der Waals surface area (Å²) >= 11 is 0. The quantitative estimate of drug-likeness (QED) is 0.772. The number of carbonyl (C=O) groups is 1. The van der Waals surface area contributed by atoms with E-state index in [-0.39, 0.29) is 18.5 Å². The lowest BCUT2D eigenvalue weighted by Crippen LogP contribution is -2.24. The Kier molecular flexibility index (Phi) is 4.28. The topological polar surface area (TPSA) is 98.7 Å². The van der Waals surface area contributed by atoms with Crippen molar-refractivity contribution in [1.82, 2.24) is 30.2 Å². The van der Waals surface area contributed by atoms with Gasteiger partial charge in [-0.15, -0.1) is 0 Å². The predicted octanol–water partition coefficient (Wildman–Crippen LogP) is 2.33. The first-order valence-electron chi connectivity index (χ1n) is 7.91. The smallest absolute Gasteiger partial charge is 0.252 e. The third-order valence-electron chi connectivity index (χ3n) is 3.92. The maximum atomic E-state index is 12.6. The van der Waals surface area contributed by atoms with E-state index in [0.717, 1.165) is 23.1 Å². The van der Waals surface area contributed by atoms with E-state index in [1.54, 1.807) is 19.2 Å². The average molecular weight is 328 g/mol.